The van der Waals surface area contributed by atoms with Crippen molar-refractivity contribution in [1.82, 2.24) is 9.13 Å². The third-order valence-corrected chi connectivity index (χ3v) is 6.35. The van der Waals surface area contributed by atoms with Gasteiger partial charge < -0.3 is 18.6 Å². The SMILES string of the molecule is CC1(C)Oc2cc(C(=O)Cn3c(=N)n(Cc4ccccc4)c4ccccc43)cc(C(C)(C)C)c2O1. The van der Waals surface area contributed by atoms with Gasteiger partial charge in [0.05, 0.1) is 24.1 Å². The largest absolute Gasteiger partial charge is 0.449 e. The van der Waals surface area contributed by atoms with Gasteiger partial charge in [-0.15, -0.1) is 0 Å². The molecular weight excluding hydrogens is 438 g/mol. The highest BCUT2D eigenvalue weighted by molar-refractivity contribution is 5.97. The van der Waals surface area contributed by atoms with Crippen molar-refractivity contribution in [2.24, 2.45) is 0 Å². The molecule has 0 saturated heterocycles. The molecule has 0 unspecified atom stereocenters. The van der Waals surface area contributed by atoms with Gasteiger partial charge in [-0.05, 0) is 35.2 Å². The number of Topliss-reactive ketones (excluding diaryl/α,β-unsaturated/α-hetero) is 1. The number of hydrogen-bond donors (Lipinski definition) is 1. The van der Waals surface area contributed by atoms with Crippen LogP contribution in [0.4, 0.5) is 0 Å². The zero-order valence-electron chi connectivity index (χ0n) is 20.9. The van der Waals surface area contributed by atoms with Crippen LogP contribution in [0.25, 0.3) is 11.0 Å². The van der Waals surface area contributed by atoms with Gasteiger partial charge in [0.15, 0.2) is 17.3 Å². The van der Waals surface area contributed by atoms with Crippen LogP contribution in [0.5, 0.6) is 11.5 Å². The van der Waals surface area contributed by atoms with Crippen LogP contribution in [0.1, 0.15) is 56.1 Å². The Kier molecular flexibility index (Phi) is 5.35. The van der Waals surface area contributed by atoms with Crippen molar-refractivity contribution in [2.75, 3.05) is 0 Å². The number of para-hydroxylation sites is 2. The summed E-state index contributed by atoms with van der Waals surface area (Å²) in [5.74, 6) is 0.436. The Morgan fingerprint density at radius 1 is 0.914 bits per heavy atom. The summed E-state index contributed by atoms with van der Waals surface area (Å²) in [7, 11) is 0. The number of ether oxygens (including phenoxy) is 2. The Bertz CT molecular complexity index is 1490. The van der Waals surface area contributed by atoms with Crippen LogP contribution in [0.2, 0.25) is 0 Å². The van der Waals surface area contributed by atoms with Crippen LogP contribution in [-0.4, -0.2) is 20.7 Å². The van der Waals surface area contributed by atoms with E-state index < -0.39 is 5.79 Å². The number of ketones is 1. The Morgan fingerprint density at radius 3 is 2.20 bits per heavy atom. The number of nitrogens with one attached hydrogen (secondary N) is 1. The van der Waals surface area contributed by atoms with E-state index >= 15 is 0 Å². The third-order valence-electron chi connectivity index (χ3n) is 6.35. The summed E-state index contributed by atoms with van der Waals surface area (Å²) in [5, 5.41) is 8.93. The lowest BCUT2D eigenvalue weighted by Crippen LogP contribution is -2.30. The summed E-state index contributed by atoms with van der Waals surface area (Å²) in [4.78, 5) is 13.6. The molecule has 0 fully saturated rings. The lowest BCUT2D eigenvalue weighted by molar-refractivity contribution is -0.0437. The molecule has 3 aromatic carbocycles. The molecule has 180 valence electrons. The fourth-order valence-corrected chi connectivity index (χ4v) is 4.65. The van der Waals surface area contributed by atoms with E-state index in [2.05, 4.69) is 20.8 Å². The van der Waals surface area contributed by atoms with Gasteiger partial charge >= 0.3 is 0 Å². The van der Waals surface area contributed by atoms with Gasteiger partial charge in [0.1, 0.15) is 0 Å². The molecule has 1 N–H and O–H groups in total. The molecule has 0 saturated carbocycles. The molecule has 5 rings (SSSR count). The first kappa shape index (κ1) is 23.0. The number of benzene rings is 3. The second kappa shape index (κ2) is 8.15. The van der Waals surface area contributed by atoms with E-state index in [1.807, 2.05) is 79.1 Å². The molecule has 0 aliphatic carbocycles. The Morgan fingerprint density at radius 2 is 1.54 bits per heavy atom. The first-order valence-corrected chi connectivity index (χ1v) is 11.9. The molecule has 6 nitrogen and oxygen atoms in total. The highest BCUT2D eigenvalue weighted by atomic mass is 16.7. The number of fused-ring (bicyclic) bond motifs is 2. The van der Waals surface area contributed by atoms with Gasteiger partial charge in [0.2, 0.25) is 11.4 Å². The Hall–Kier alpha value is -3.80. The molecular formula is C29H31N3O3. The Labute approximate surface area is 205 Å². The number of hydrogen-bond acceptors (Lipinski definition) is 4. The van der Waals surface area contributed by atoms with Crippen molar-refractivity contribution in [3.05, 3.63) is 89.0 Å². The summed E-state index contributed by atoms with van der Waals surface area (Å²) in [6.07, 6.45) is 0. The summed E-state index contributed by atoms with van der Waals surface area (Å²) in [5.41, 5.74) is 4.45. The topological polar surface area (TPSA) is 69.2 Å². The van der Waals surface area contributed by atoms with Crippen LogP contribution in [0, 0.1) is 5.41 Å². The van der Waals surface area contributed by atoms with Crippen molar-refractivity contribution in [3.63, 3.8) is 0 Å². The molecule has 0 atom stereocenters. The maximum atomic E-state index is 13.6. The monoisotopic (exact) mass is 469 g/mol. The Balaban J connectivity index is 1.55. The summed E-state index contributed by atoms with van der Waals surface area (Å²) in [6, 6.07) is 21.6. The van der Waals surface area contributed by atoms with E-state index in [1.165, 1.54) is 0 Å². The quantitative estimate of drug-likeness (QED) is 0.384. The highest BCUT2D eigenvalue weighted by Gasteiger charge is 2.37. The number of carbonyl (C=O) groups excluding carboxylic acids is 1. The molecule has 0 radical (unpaired) electrons. The smallest absolute Gasteiger partial charge is 0.246 e. The first-order chi connectivity index (χ1) is 16.5. The van der Waals surface area contributed by atoms with Crippen LogP contribution >= 0.6 is 0 Å². The fourth-order valence-electron chi connectivity index (χ4n) is 4.65. The zero-order chi connectivity index (χ0) is 25.0. The zero-order valence-corrected chi connectivity index (χ0v) is 20.9. The average Bonchev–Trinajstić information content (AvgIpc) is 3.25. The minimum Gasteiger partial charge on any atom is -0.449 e. The van der Waals surface area contributed by atoms with Crippen molar-refractivity contribution >= 4 is 16.8 Å². The molecule has 4 aromatic rings. The van der Waals surface area contributed by atoms with Gasteiger partial charge in [-0.25, -0.2) is 0 Å². The van der Waals surface area contributed by atoms with E-state index in [0.29, 0.717) is 29.2 Å². The van der Waals surface area contributed by atoms with Crippen LogP contribution < -0.4 is 15.1 Å². The number of carbonyl (C=O) groups is 1. The van der Waals surface area contributed by atoms with Gasteiger partial charge in [-0.1, -0.05) is 63.2 Å². The molecule has 0 spiro atoms. The van der Waals surface area contributed by atoms with Gasteiger partial charge in [-0.3, -0.25) is 10.2 Å². The van der Waals surface area contributed by atoms with Crippen LogP contribution in [-0.2, 0) is 18.5 Å². The second-order valence-corrected chi connectivity index (χ2v) is 10.6. The van der Waals surface area contributed by atoms with E-state index in [1.54, 1.807) is 10.6 Å². The molecule has 0 bridgehead atoms. The molecule has 0 amide bonds. The second-order valence-electron chi connectivity index (χ2n) is 10.6. The number of imidazole rings is 1. The predicted octanol–water partition coefficient (Wildman–Crippen LogP) is 5.66. The molecule has 6 heteroatoms. The minimum absolute atomic E-state index is 0.0632. The molecule has 1 aliphatic rings. The lowest BCUT2D eigenvalue weighted by atomic mass is 9.84. The molecule has 2 heterocycles. The van der Waals surface area contributed by atoms with E-state index in [9.17, 15) is 4.79 Å². The summed E-state index contributed by atoms with van der Waals surface area (Å²) < 4.78 is 15.8. The molecule has 1 aromatic heterocycles. The van der Waals surface area contributed by atoms with Crippen molar-refractivity contribution in [1.29, 1.82) is 5.41 Å². The van der Waals surface area contributed by atoms with Crippen molar-refractivity contribution in [3.8, 4) is 11.5 Å². The number of nitrogens with zero attached hydrogens (tertiary/aromatic N) is 2. The molecule has 1 aliphatic heterocycles. The third kappa shape index (κ3) is 4.25. The van der Waals surface area contributed by atoms with Crippen molar-refractivity contribution in [2.45, 2.75) is 58.9 Å². The normalized spacial score (nSPS) is 14.4. The average molecular weight is 470 g/mol. The fraction of sp³-hybridized carbons (Fsp3) is 0.310. The van der Waals surface area contributed by atoms with E-state index in [0.717, 1.165) is 22.2 Å². The van der Waals surface area contributed by atoms with E-state index in [-0.39, 0.29) is 17.7 Å². The van der Waals surface area contributed by atoms with Crippen LogP contribution in [0.3, 0.4) is 0 Å². The maximum absolute atomic E-state index is 13.6. The highest BCUT2D eigenvalue weighted by Crippen LogP contribution is 2.46. The van der Waals surface area contributed by atoms with Crippen LogP contribution in [0.15, 0.2) is 66.7 Å². The number of aromatic nitrogens is 2. The summed E-state index contributed by atoms with van der Waals surface area (Å²) in [6.45, 7) is 10.6. The maximum Gasteiger partial charge on any atom is 0.246 e. The standard InChI is InChI=1S/C29H31N3O3/c1-28(2,3)21-15-20(16-25-26(21)35-29(4,5)34-25)24(33)18-32-23-14-10-9-13-22(23)31(27(32)30)17-19-11-7-6-8-12-19/h6-16,30H,17-18H2,1-5H3. The van der Waals surface area contributed by atoms with Gasteiger partial charge in [0.25, 0.3) is 0 Å². The predicted molar refractivity (Wildman–Crippen MR) is 136 cm³/mol. The van der Waals surface area contributed by atoms with Crippen molar-refractivity contribution < 1.29 is 14.3 Å². The minimum atomic E-state index is -0.780. The number of rotatable bonds is 5. The van der Waals surface area contributed by atoms with Gasteiger partial charge in [-0.2, -0.15) is 0 Å². The summed E-state index contributed by atoms with van der Waals surface area (Å²) >= 11 is 0. The molecule has 35 heavy (non-hydrogen) atoms. The lowest BCUT2D eigenvalue weighted by Gasteiger charge is -2.22. The van der Waals surface area contributed by atoms with E-state index in [4.69, 9.17) is 14.9 Å². The van der Waals surface area contributed by atoms with Gasteiger partial charge in [0, 0.05) is 25.0 Å². The first-order valence-electron chi connectivity index (χ1n) is 11.9.